The van der Waals surface area contributed by atoms with E-state index in [-0.39, 0.29) is 17.7 Å². The molecule has 1 aromatic rings. The Labute approximate surface area is 149 Å². The van der Waals surface area contributed by atoms with Crippen LogP contribution in [0.3, 0.4) is 0 Å². The molecule has 136 valence electrons. The second kappa shape index (κ2) is 8.99. The van der Waals surface area contributed by atoms with Crippen LogP contribution >= 0.6 is 0 Å². The van der Waals surface area contributed by atoms with E-state index in [0.29, 0.717) is 32.2 Å². The number of hydrogen-bond acceptors (Lipinski definition) is 3. The van der Waals surface area contributed by atoms with Crippen molar-refractivity contribution < 1.29 is 14.3 Å². The van der Waals surface area contributed by atoms with Gasteiger partial charge in [-0.3, -0.25) is 9.59 Å². The molecule has 2 aliphatic rings. The van der Waals surface area contributed by atoms with Crippen LogP contribution in [0.5, 0.6) is 0 Å². The second-order valence-electron chi connectivity index (χ2n) is 7.02. The van der Waals surface area contributed by atoms with Gasteiger partial charge in [-0.1, -0.05) is 37.5 Å². The molecule has 0 radical (unpaired) electrons. The predicted octanol–water partition coefficient (Wildman–Crippen LogP) is 2.90. The molecular weight excluding hydrogens is 316 g/mol. The first-order valence-corrected chi connectivity index (χ1v) is 9.49. The number of ether oxygens (including phenoxy) is 1. The van der Waals surface area contributed by atoms with E-state index >= 15 is 0 Å². The first-order valence-electron chi connectivity index (χ1n) is 9.49. The maximum atomic E-state index is 12.3. The molecule has 1 saturated heterocycles. The molecule has 0 spiro atoms. The molecule has 25 heavy (non-hydrogen) atoms. The van der Waals surface area contributed by atoms with Crippen LogP contribution in [-0.4, -0.2) is 37.6 Å². The van der Waals surface area contributed by atoms with Gasteiger partial charge in [0.25, 0.3) is 0 Å². The van der Waals surface area contributed by atoms with Crippen molar-refractivity contribution in [3.63, 3.8) is 0 Å². The zero-order valence-corrected chi connectivity index (χ0v) is 14.8. The van der Waals surface area contributed by atoms with Crippen LogP contribution in [0.25, 0.3) is 0 Å². The van der Waals surface area contributed by atoms with Crippen LogP contribution < -0.4 is 10.2 Å². The zero-order valence-electron chi connectivity index (χ0n) is 14.8. The van der Waals surface area contributed by atoms with Crippen molar-refractivity contribution in [3.05, 3.63) is 30.3 Å². The number of nitrogens with zero attached hydrogens (tertiary/aromatic N) is 1. The van der Waals surface area contributed by atoms with Crippen LogP contribution in [0.4, 0.5) is 5.69 Å². The Bertz CT molecular complexity index is 570. The summed E-state index contributed by atoms with van der Waals surface area (Å²) in [7, 11) is 0. The maximum Gasteiger partial charge on any atom is 0.227 e. The normalized spacial score (nSPS) is 21.5. The third kappa shape index (κ3) is 5.05. The molecular formula is C20H28N2O3. The summed E-state index contributed by atoms with van der Waals surface area (Å²) in [5, 5.41) is 2.96. The van der Waals surface area contributed by atoms with Crippen molar-refractivity contribution in [2.24, 2.45) is 5.92 Å². The Balaban J connectivity index is 1.35. The van der Waals surface area contributed by atoms with E-state index in [1.54, 1.807) is 4.90 Å². The predicted molar refractivity (Wildman–Crippen MR) is 97.4 cm³/mol. The van der Waals surface area contributed by atoms with Crippen molar-refractivity contribution in [2.45, 2.75) is 51.0 Å². The van der Waals surface area contributed by atoms with E-state index in [2.05, 4.69) is 5.32 Å². The third-order valence-electron chi connectivity index (χ3n) is 5.09. The molecule has 1 aliphatic heterocycles. The molecule has 1 atom stereocenters. The molecule has 0 bridgehead atoms. The van der Waals surface area contributed by atoms with Crippen molar-refractivity contribution in [1.82, 2.24) is 5.32 Å². The molecule has 3 rings (SSSR count). The zero-order chi connectivity index (χ0) is 17.5. The first-order chi connectivity index (χ1) is 12.2. The maximum absolute atomic E-state index is 12.3. The van der Waals surface area contributed by atoms with E-state index in [1.165, 1.54) is 32.1 Å². The standard InChI is InChI=1S/C20H28N2O3/c23-19-14-16(15-22(19)17-8-3-1-4-9-17)20(24)21-12-7-13-25-18-10-5-2-6-11-18/h1,3-4,8-9,16,18H,2,5-7,10-15H2,(H,21,24)/t16-/m1/s1. The topological polar surface area (TPSA) is 58.6 Å². The van der Waals surface area contributed by atoms with E-state index in [0.717, 1.165) is 12.1 Å². The molecule has 1 saturated carbocycles. The highest BCUT2D eigenvalue weighted by atomic mass is 16.5. The number of benzene rings is 1. The van der Waals surface area contributed by atoms with E-state index in [9.17, 15) is 9.59 Å². The van der Waals surface area contributed by atoms with Crippen molar-refractivity contribution in [3.8, 4) is 0 Å². The molecule has 1 heterocycles. The smallest absolute Gasteiger partial charge is 0.227 e. The molecule has 1 aliphatic carbocycles. The number of amides is 2. The average molecular weight is 344 g/mol. The van der Waals surface area contributed by atoms with Crippen LogP contribution in [0.1, 0.15) is 44.9 Å². The number of carbonyl (C=O) groups is 2. The van der Waals surface area contributed by atoms with Gasteiger partial charge in [0.1, 0.15) is 0 Å². The van der Waals surface area contributed by atoms with Crippen molar-refractivity contribution in [1.29, 1.82) is 0 Å². The molecule has 2 fully saturated rings. The lowest BCUT2D eigenvalue weighted by molar-refractivity contribution is -0.126. The fraction of sp³-hybridized carbons (Fsp3) is 0.600. The van der Waals surface area contributed by atoms with Gasteiger partial charge in [-0.05, 0) is 31.4 Å². The van der Waals surface area contributed by atoms with Gasteiger partial charge < -0.3 is 15.0 Å². The minimum Gasteiger partial charge on any atom is -0.378 e. The lowest BCUT2D eigenvalue weighted by atomic mass is 9.98. The number of hydrogen-bond donors (Lipinski definition) is 1. The summed E-state index contributed by atoms with van der Waals surface area (Å²) in [6.45, 7) is 1.78. The number of carbonyl (C=O) groups excluding carboxylic acids is 2. The number of para-hydroxylation sites is 1. The van der Waals surface area contributed by atoms with Crippen molar-refractivity contribution in [2.75, 3.05) is 24.6 Å². The Morgan fingerprint density at radius 2 is 1.92 bits per heavy atom. The SMILES string of the molecule is O=C(NCCCOC1CCCCC1)[C@@H]1CC(=O)N(c2ccccc2)C1. The number of anilines is 1. The third-order valence-corrected chi connectivity index (χ3v) is 5.09. The summed E-state index contributed by atoms with van der Waals surface area (Å²) < 4.78 is 5.87. The summed E-state index contributed by atoms with van der Waals surface area (Å²) in [5.41, 5.74) is 0.865. The van der Waals surface area contributed by atoms with Crippen LogP contribution in [-0.2, 0) is 14.3 Å². The second-order valence-corrected chi connectivity index (χ2v) is 7.02. The first kappa shape index (κ1) is 17.9. The van der Waals surface area contributed by atoms with E-state index < -0.39 is 0 Å². The summed E-state index contributed by atoms with van der Waals surface area (Å²) >= 11 is 0. The molecule has 5 heteroatoms. The van der Waals surface area contributed by atoms with E-state index in [4.69, 9.17) is 4.74 Å². The highest BCUT2D eigenvalue weighted by Crippen LogP contribution is 2.25. The summed E-state index contributed by atoms with van der Waals surface area (Å²) in [5.74, 6) is -0.261. The Kier molecular flexibility index (Phi) is 6.45. The van der Waals surface area contributed by atoms with Gasteiger partial charge >= 0.3 is 0 Å². The van der Waals surface area contributed by atoms with Crippen LogP contribution in [0.2, 0.25) is 0 Å². The Hall–Kier alpha value is -1.88. The Morgan fingerprint density at radius 1 is 1.16 bits per heavy atom. The lowest BCUT2D eigenvalue weighted by Crippen LogP contribution is -2.34. The van der Waals surface area contributed by atoms with Crippen molar-refractivity contribution >= 4 is 17.5 Å². The molecule has 1 aromatic carbocycles. The summed E-state index contributed by atoms with van der Waals surface area (Å²) in [4.78, 5) is 26.2. The van der Waals surface area contributed by atoms with Gasteiger partial charge in [-0.15, -0.1) is 0 Å². The van der Waals surface area contributed by atoms with Crippen LogP contribution in [0, 0.1) is 5.92 Å². The van der Waals surface area contributed by atoms with Gasteiger partial charge in [-0.25, -0.2) is 0 Å². The quantitative estimate of drug-likeness (QED) is 0.774. The monoisotopic (exact) mass is 344 g/mol. The fourth-order valence-corrected chi connectivity index (χ4v) is 3.65. The van der Waals surface area contributed by atoms with Gasteiger partial charge in [0.05, 0.1) is 12.0 Å². The molecule has 1 N–H and O–H groups in total. The van der Waals surface area contributed by atoms with Gasteiger partial charge in [-0.2, -0.15) is 0 Å². The fourth-order valence-electron chi connectivity index (χ4n) is 3.65. The minimum atomic E-state index is -0.257. The highest BCUT2D eigenvalue weighted by molar-refractivity contribution is 6.00. The van der Waals surface area contributed by atoms with Crippen LogP contribution in [0.15, 0.2) is 30.3 Å². The van der Waals surface area contributed by atoms with Gasteiger partial charge in [0.2, 0.25) is 11.8 Å². The molecule has 0 aromatic heterocycles. The number of nitrogens with one attached hydrogen (secondary N) is 1. The number of rotatable bonds is 7. The lowest BCUT2D eigenvalue weighted by Gasteiger charge is -2.22. The minimum absolute atomic E-state index is 0.0204. The molecule has 0 unspecified atom stereocenters. The van der Waals surface area contributed by atoms with Gasteiger partial charge in [0.15, 0.2) is 0 Å². The van der Waals surface area contributed by atoms with Gasteiger partial charge in [0, 0.05) is 31.8 Å². The highest BCUT2D eigenvalue weighted by Gasteiger charge is 2.34. The largest absolute Gasteiger partial charge is 0.378 e. The van der Waals surface area contributed by atoms with E-state index in [1.807, 2.05) is 30.3 Å². The Morgan fingerprint density at radius 3 is 2.68 bits per heavy atom. The summed E-state index contributed by atoms with van der Waals surface area (Å²) in [6.07, 6.45) is 7.75. The average Bonchev–Trinajstić information content (AvgIpc) is 3.05. The summed E-state index contributed by atoms with van der Waals surface area (Å²) in [6, 6.07) is 9.54. The molecule has 5 nitrogen and oxygen atoms in total. The molecule has 2 amide bonds.